The van der Waals surface area contributed by atoms with Crippen LogP contribution in [-0.2, 0) is 4.79 Å². The summed E-state index contributed by atoms with van der Waals surface area (Å²) in [6.45, 7) is 6.03. The average molecular weight is 399 g/mol. The molecule has 0 saturated carbocycles. The normalized spacial score (nSPS) is 12.5. The van der Waals surface area contributed by atoms with Crippen LogP contribution in [0.4, 0.5) is 5.69 Å². The molecule has 0 radical (unpaired) electrons. The van der Waals surface area contributed by atoms with E-state index in [1.807, 2.05) is 54.6 Å². The Morgan fingerprint density at radius 2 is 1.57 bits per heavy atom. The second-order valence-corrected chi connectivity index (χ2v) is 7.36. The molecule has 2 atom stereocenters. The summed E-state index contributed by atoms with van der Waals surface area (Å²) < 4.78 is 5.85. The highest BCUT2D eigenvalue weighted by molar-refractivity contribution is 5.94. The van der Waals surface area contributed by atoms with E-state index in [2.05, 4.69) is 31.3 Å². The number of hydrogen-bond acceptors (Lipinski definition) is 3. The molecule has 1 amide bonds. The molecule has 0 aliphatic heterocycles. The van der Waals surface area contributed by atoms with Gasteiger partial charge in [-0.25, -0.2) is 0 Å². The summed E-state index contributed by atoms with van der Waals surface area (Å²) in [4.78, 5) is 12.7. The number of anilines is 1. The van der Waals surface area contributed by atoms with Gasteiger partial charge in [0.2, 0.25) is 0 Å². The summed E-state index contributed by atoms with van der Waals surface area (Å²) in [5.74, 6) is 0.819. The van der Waals surface area contributed by atoms with Crippen molar-refractivity contribution in [2.45, 2.75) is 39.2 Å². The molecule has 152 valence electrons. The highest BCUT2D eigenvalue weighted by Gasteiger charge is 2.17. The van der Waals surface area contributed by atoms with Gasteiger partial charge in [0.25, 0.3) is 5.91 Å². The van der Waals surface area contributed by atoms with Crippen LogP contribution in [0.15, 0.2) is 72.8 Å². The molecule has 0 fully saturated rings. The average Bonchev–Trinajstić information content (AvgIpc) is 2.79. The number of para-hydroxylation sites is 1. The van der Waals surface area contributed by atoms with Gasteiger partial charge >= 0.3 is 0 Å². The van der Waals surface area contributed by atoms with Gasteiger partial charge in [0.1, 0.15) is 5.75 Å². The van der Waals surface area contributed by atoms with Gasteiger partial charge in [0.05, 0.1) is 11.6 Å². The number of amides is 1. The van der Waals surface area contributed by atoms with Crippen LogP contribution in [0.25, 0.3) is 11.1 Å². The molecule has 0 spiro atoms. The largest absolute Gasteiger partial charge is 0.481 e. The minimum Gasteiger partial charge on any atom is -0.481 e. The van der Waals surface area contributed by atoms with Crippen LogP contribution < -0.4 is 10.1 Å². The predicted molar refractivity (Wildman–Crippen MR) is 120 cm³/mol. The van der Waals surface area contributed by atoms with Crippen molar-refractivity contribution in [3.63, 3.8) is 0 Å². The van der Waals surface area contributed by atoms with Crippen molar-refractivity contribution >= 4 is 11.6 Å². The summed E-state index contributed by atoms with van der Waals surface area (Å²) in [5, 5.41) is 11.9. The predicted octanol–water partition coefficient (Wildman–Crippen LogP) is 6.14. The van der Waals surface area contributed by atoms with E-state index in [0.29, 0.717) is 17.2 Å². The van der Waals surface area contributed by atoms with Gasteiger partial charge < -0.3 is 10.1 Å². The van der Waals surface area contributed by atoms with Crippen molar-refractivity contribution in [2.75, 3.05) is 5.32 Å². The molecule has 0 unspecified atom stereocenters. The van der Waals surface area contributed by atoms with Crippen LogP contribution in [0.2, 0.25) is 0 Å². The van der Waals surface area contributed by atoms with Gasteiger partial charge in [-0.1, -0.05) is 56.3 Å². The number of nitriles is 1. The van der Waals surface area contributed by atoms with Crippen molar-refractivity contribution in [1.82, 2.24) is 0 Å². The number of carbonyl (C=O) groups is 1. The van der Waals surface area contributed by atoms with E-state index >= 15 is 0 Å². The van der Waals surface area contributed by atoms with E-state index < -0.39 is 6.10 Å². The number of carbonyl (C=O) groups excluding carboxylic acids is 1. The maximum absolute atomic E-state index is 12.7. The van der Waals surface area contributed by atoms with E-state index in [1.165, 1.54) is 0 Å². The van der Waals surface area contributed by atoms with Crippen molar-refractivity contribution in [3.8, 4) is 22.9 Å². The van der Waals surface area contributed by atoms with Crippen LogP contribution in [-0.4, -0.2) is 12.0 Å². The Hall–Kier alpha value is -3.58. The lowest BCUT2D eigenvalue weighted by Crippen LogP contribution is -2.30. The zero-order valence-corrected chi connectivity index (χ0v) is 17.6. The first-order valence-corrected chi connectivity index (χ1v) is 10.2. The third-order valence-corrected chi connectivity index (χ3v) is 5.25. The van der Waals surface area contributed by atoms with Crippen molar-refractivity contribution < 1.29 is 9.53 Å². The Kier molecular flexibility index (Phi) is 6.87. The van der Waals surface area contributed by atoms with Crippen LogP contribution in [0.3, 0.4) is 0 Å². The quantitative estimate of drug-likeness (QED) is 0.519. The van der Waals surface area contributed by atoms with Crippen molar-refractivity contribution in [1.29, 1.82) is 5.26 Å². The highest BCUT2D eigenvalue weighted by Crippen LogP contribution is 2.27. The fourth-order valence-electron chi connectivity index (χ4n) is 3.22. The molecule has 4 heteroatoms. The number of hydrogen-bond donors (Lipinski definition) is 1. The summed E-state index contributed by atoms with van der Waals surface area (Å²) in [6, 6.07) is 25.0. The van der Waals surface area contributed by atoms with Gasteiger partial charge in [0, 0.05) is 5.69 Å². The van der Waals surface area contributed by atoms with Gasteiger partial charge in [0.15, 0.2) is 6.10 Å². The standard InChI is InChI=1S/C26H26N2O2/c1-4-18(2)24-7-5-6-8-25(24)28-26(29)19(3)30-23-15-13-22(14-16-23)21-11-9-20(17-27)10-12-21/h5-16,18-19H,4H2,1-3H3,(H,28,29)/t18-,19-/m1/s1. The zero-order chi connectivity index (χ0) is 21.5. The highest BCUT2D eigenvalue weighted by atomic mass is 16.5. The second-order valence-electron chi connectivity index (χ2n) is 7.36. The molecule has 0 aromatic heterocycles. The molecule has 3 aromatic carbocycles. The van der Waals surface area contributed by atoms with E-state index in [4.69, 9.17) is 10.00 Å². The maximum Gasteiger partial charge on any atom is 0.265 e. The SMILES string of the molecule is CC[C@@H](C)c1ccccc1NC(=O)[C@@H](C)Oc1ccc(-c2ccc(C#N)cc2)cc1. The van der Waals surface area contributed by atoms with Gasteiger partial charge in [-0.15, -0.1) is 0 Å². The maximum atomic E-state index is 12.7. The summed E-state index contributed by atoms with van der Waals surface area (Å²) in [7, 11) is 0. The van der Waals surface area contributed by atoms with Gasteiger partial charge in [-0.2, -0.15) is 5.26 Å². The van der Waals surface area contributed by atoms with Crippen LogP contribution in [0.5, 0.6) is 5.75 Å². The number of ether oxygens (including phenoxy) is 1. The molecule has 1 N–H and O–H groups in total. The molecule has 0 aliphatic carbocycles. The Labute approximate surface area is 178 Å². The molecular formula is C26H26N2O2. The Balaban J connectivity index is 1.65. The Morgan fingerprint density at radius 1 is 0.967 bits per heavy atom. The number of nitrogens with zero attached hydrogens (tertiary/aromatic N) is 1. The summed E-state index contributed by atoms with van der Waals surface area (Å²) >= 11 is 0. The lowest BCUT2D eigenvalue weighted by molar-refractivity contribution is -0.122. The third-order valence-electron chi connectivity index (χ3n) is 5.25. The zero-order valence-electron chi connectivity index (χ0n) is 17.6. The minimum atomic E-state index is -0.629. The van der Waals surface area contributed by atoms with Crippen LogP contribution in [0.1, 0.15) is 44.2 Å². The van der Waals surface area contributed by atoms with Gasteiger partial charge in [-0.05, 0) is 66.3 Å². The van der Waals surface area contributed by atoms with Crippen LogP contribution in [0, 0.1) is 11.3 Å². The second kappa shape index (κ2) is 9.76. The Morgan fingerprint density at radius 3 is 2.17 bits per heavy atom. The fraction of sp³-hybridized carbons (Fsp3) is 0.231. The number of benzene rings is 3. The molecular weight excluding hydrogens is 372 g/mol. The molecule has 0 saturated heterocycles. The van der Waals surface area contributed by atoms with E-state index in [9.17, 15) is 4.79 Å². The molecule has 30 heavy (non-hydrogen) atoms. The topological polar surface area (TPSA) is 62.1 Å². The van der Waals surface area contributed by atoms with E-state index in [0.717, 1.165) is 28.8 Å². The molecule has 3 rings (SSSR count). The van der Waals surface area contributed by atoms with E-state index in [1.54, 1.807) is 19.1 Å². The molecule has 0 heterocycles. The molecule has 0 aliphatic rings. The first kappa shape index (κ1) is 21.1. The van der Waals surface area contributed by atoms with Gasteiger partial charge in [-0.3, -0.25) is 4.79 Å². The molecule has 3 aromatic rings. The molecule has 0 bridgehead atoms. The lowest BCUT2D eigenvalue weighted by Gasteiger charge is -2.19. The smallest absolute Gasteiger partial charge is 0.265 e. The first-order valence-electron chi connectivity index (χ1n) is 10.2. The minimum absolute atomic E-state index is 0.179. The number of rotatable bonds is 7. The Bertz CT molecular complexity index is 1030. The number of nitrogens with one attached hydrogen (secondary N) is 1. The fourth-order valence-corrected chi connectivity index (χ4v) is 3.22. The van der Waals surface area contributed by atoms with E-state index in [-0.39, 0.29) is 5.91 Å². The first-order chi connectivity index (χ1) is 14.5. The summed E-state index contributed by atoms with van der Waals surface area (Å²) in [6.07, 6.45) is 0.376. The third kappa shape index (κ3) is 5.07. The van der Waals surface area contributed by atoms with Crippen LogP contribution >= 0.6 is 0 Å². The lowest BCUT2D eigenvalue weighted by atomic mass is 9.97. The monoisotopic (exact) mass is 398 g/mol. The van der Waals surface area contributed by atoms with Crippen molar-refractivity contribution in [2.24, 2.45) is 0 Å². The van der Waals surface area contributed by atoms with Crippen molar-refractivity contribution in [3.05, 3.63) is 83.9 Å². The molecule has 4 nitrogen and oxygen atoms in total. The summed E-state index contributed by atoms with van der Waals surface area (Å²) in [5.41, 5.74) is 4.64.